The van der Waals surface area contributed by atoms with Crippen LogP contribution in [0.4, 0.5) is 4.79 Å². The molecule has 0 aliphatic heterocycles. The first-order valence-corrected chi connectivity index (χ1v) is 12.4. The molecule has 0 amide bonds. The van der Waals surface area contributed by atoms with E-state index in [9.17, 15) is 24.3 Å². The van der Waals surface area contributed by atoms with Gasteiger partial charge in [0.2, 0.25) is 0 Å². The van der Waals surface area contributed by atoms with E-state index >= 15 is 0 Å². The summed E-state index contributed by atoms with van der Waals surface area (Å²) in [6, 6.07) is 3.57. The fraction of sp³-hybridized carbons (Fsp3) is 0.615. The third-order valence-electron chi connectivity index (χ3n) is 5.23. The molecular formula is C26H39NO9. The molecule has 36 heavy (non-hydrogen) atoms. The fourth-order valence-electron chi connectivity index (χ4n) is 2.96. The molecule has 0 aliphatic carbocycles. The minimum atomic E-state index is -1.11. The van der Waals surface area contributed by atoms with Gasteiger partial charge in [0, 0.05) is 19.4 Å². The Balaban J connectivity index is 2.85. The molecule has 1 aromatic carbocycles. The van der Waals surface area contributed by atoms with Crippen LogP contribution in [0.15, 0.2) is 18.2 Å². The highest BCUT2D eigenvalue weighted by Crippen LogP contribution is 2.30. The highest BCUT2D eigenvalue weighted by molar-refractivity contribution is 5.77. The number of esters is 2. The largest absolute Gasteiger partial charge is 0.508 e. The van der Waals surface area contributed by atoms with Gasteiger partial charge in [0.05, 0.1) is 6.61 Å². The van der Waals surface area contributed by atoms with Crippen molar-refractivity contribution in [2.45, 2.75) is 85.3 Å². The number of hydrogen-bond acceptors (Lipinski definition) is 9. The quantitative estimate of drug-likeness (QED) is 0.245. The monoisotopic (exact) mass is 509 g/mol. The number of ether oxygens (including phenoxy) is 4. The SMILES string of the molecule is CCCC(=O)Oc1ccc(C[C@H](NCC(C)OC(=O)OCC(C)CC)C(=O)O)cc1OC(=O)CCC. The van der Waals surface area contributed by atoms with E-state index in [4.69, 9.17) is 18.9 Å². The number of carbonyl (C=O) groups excluding carboxylic acids is 3. The number of nitrogens with one attached hydrogen (secondary N) is 1. The summed E-state index contributed by atoms with van der Waals surface area (Å²) in [5.74, 6) is -1.68. The maximum Gasteiger partial charge on any atom is 0.508 e. The van der Waals surface area contributed by atoms with E-state index in [1.54, 1.807) is 13.0 Å². The lowest BCUT2D eigenvalue weighted by Gasteiger charge is -2.19. The first kappa shape index (κ1) is 30.9. The molecule has 10 heteroatoms. The second-order valence-corrected chi connectivity index (χ2v) is 8.74. The van der Waals surface area contributed by atoms with Crippen molar-refractivity contribution in [3.8, 4) is 11.5 Å². The molecule has 0 fully saturated rings. The summed E-state index contributed by atoms with van der Waals surface area (Å²) in [5, 5.41) is 12.5. The summed E-state index contributed by atoms with van der Waals surface area (Å²) >= 11 is 0. The second kappa shape index (κ2) is 16.5. The van der Waals surface area contributed by atoms with Crippen molar-refractivity contribution in [3.63, 3.8) is 0 Å². The lowest BCUT2D eigenvalue weighted by atomic mass is 10.0. The van der Waals surface area contributed by atoms with E-state index in [1.165, 1.54) is 12.1 Å². The first-order valence-electron chi connectivity index (χ1n) is 12.4. The van der Waals surface area contributed by atoms with Crippen molar-refractivity contribution in [1.29, 1.82) is 0 Å². The number of carbonyl (C=O) groups is 4. The molecule has 202 valence electrons. The molecule has 0 aliphatic rings. The molecule has 3 atom stereocenters. The van der Waals surface area contributed by atoms with Gasteiger partial charge in [-0.15, -0.1) is 0 Å². The van der Waals surface area contributed by atoms with Crippen LogP contribution in [0.5, 0.6) is 11.5 Å². The molecule has 0 bridgehead atoms. The van der Waals surface area contributed by atoms with Crippen LogP contribution in [0.3, 0.4) is 0 Å². The second-order valence-electron chi connectivity index (χ2n) is 8.74. The third-order valence-corrected chi connectivity index (χ3v) is 5.23. The summed E-state index contributed by atoms with van der Waals surface area (Å²) < 4.78 is 20.9. The molecule has 0 saturated heterocycles. The van der Waals surface area contributed by atoms with Crippen LogP contribution in [-0.4, -0.2) is 54.5 Å². The fourth-order valence-corrected chi connectivity index (χ4v) is 2.96. The molecule has 0 heterocycles. The summed E-state index contributed by atoms with van der Waals surface area (Å²) in [4.78, 5) is 47.6. The maximum atomic E-state index is 12.1. The molecule has 1 aromatic rings. The molecular weight excluding hydrogens is 470 g/mol. The predicted molar refractivity (Wildman–Crippen MR) is 132 cm³/mol. The molecule has 2 unspecified atom stereocenters. The van der Waals surface area contributed by atoms with Gasteiger partial charge in [0.15, 0.2) is 11.5 Å². The van der Waals surface area contributed by atoms with Gasteiger partial charge in [-0.1, -0.05) is 40.2 Å². The zero-order chi connectivity index (χ0) is 27.1. The Morgan fingerprint density at radius 1 is 0.944 bits per heavy atom. The van der Waals surface area contributed by atoms with Gasteiger partial charge in [-0.25, -0.2) is 4.79 Å². The number of aliphatic carboxylic acids is 1. The topological polar surface area (TPSA) is 137 Å². The molecule has 10 nitrogen and oxygen atoms in total. The van der Waals surface area contributed by atoms with Crippen LogP contribution in [0, 0.1) is 5.92 Å². The first-order chi connectivity index (χ1) is 17.1. The Bertz CT molecular complexity index is 871. The van der Waals surface area contributed by atoms with Crippen molar-refractivity contribution >= 4 is 24.1 Å². The normalized spacial score (nSPS) is 13.2. The van der Waals surface area contributed by atoms with Crippen molar-refractivity contribution < 1.29 is 43.2 Å². The van der Waals surface area contributed by atoms with E-state index in [0.717, 1.165) is 6.42 Å². The van der Waals surface area contributed by atoms with Crippen LogP contribution in [0.1, 0.15) is 72.3 Å². The van der Waals surface area contributed by atoms with Crippen LogP contribution in [-0.2, 0) is 30.3 Å². The molecule has 0 aromatic heterocycles. The molecule has 0 saturated carbocycles. The molecule has 0 radical (unpaired) electrons. The van der Waals surface area contributed by atoms with Crippen molar-refractivity contribution in [2.24, 2.45) is 5.92 Å². The van der Waals surface area contributed by atoms with Crippen LogP contribution < -0.4 is 14.8 Å². The minimum Gasteiger partial charge on any atom is -0.480 e. The van der Waals surface area contributed by atoms with Gasteiger partial charge in [-0.05, 0) is 49.8 Å². The van der Waals surface area contributed by atoms with Gasteiger partial charge in [-0.3, -0.25) is 14.4 Å². The Labute approximate surface area is 212 Å². The van der Waals surface area contributed by atoms with Crippen molar-refractivity contribution in [2.75, 3.05) is 13.2 Å². The van der Waals surface area contributed by atoms with E-state index in [-0.39, 0.29) is 49.8 Å². The number of rotatable bonds is 16. The highest BCUT2D eigenvalue weighted by Gasteiger charge is 2.22. The van der Waals surface area contributed by atoms with Gasteiger partial charge >= 0.3 is 24.1 Å². The Morgan fingerprint density at radius 2 is 1.56 bits per heavy atom. The average Bonchev–Trinajstić information content (AvgIpc) is 2.81. The van der Waals surface area contributed by atoms with Crippen LogP contribution in [0.25, 0.3) is 0 Å². The number of carboxylic acids is 1. The smallest absolute Gasteiger partial charge is 0.480 e. The molecule has 0 spiro atoms. The lowest BCUT2D eigenvalue weighted by molar-refractivity contribution is -0.139. The highest BCUT2D eigenvalue weighted by atomic mass is 16.7. The van der Waals surface area contributed by atoms with Gasteiger partial charge in [-0.2, -0.15) is 0 Å². The number of carboxylic acid groups (broad SMARTS) is 1. The number of benzene rings is 1. The molecule has 1 rings (SSSR count). The third kappa shape index (κ3) is 12.0. The maximum absolute atomic E-state index is 12.1. The Kier molecular flexibility index (Phi) is 14.2. The lowest BCUT2D eigenvalue weighted by Crippen LogP contribution is -2.42. The van der Waals surface area contributed by atoms with Crippen LogP contribution >= 0.6 is 0 Å². The van der Waals surface area contributed by atoms with Gasteiger partial charge in [0.25, 0.3) is 0 Å². The summed E-state index contributed by atoms with van der Waals surface area (Å²) in [6.45, 7) is 9.58. The number of hydrogen-bond donors (Lipinski definition) is 2. The zero-order valence-corrected chi connectivity index (χ0v) is 21.8. The summed E-state index contributed by atoms with van der Waals surface area (Å²) in [7, 11) is 0. The molecule has 2 N–H and O–H groups in total. The van der Waals surface area contributed by atoms with E-state index in [0.29, 0.717) is 18.4 Å². The van der Waals surface area contributed by atoms with Crippen molar-refractivity contribution in [1.82, 2.24) is 5.32 Å². The van der Waals surface area contributed by atoms with E-state index in [1.807, 2.05) is 27.7 Å². The standard InChI is InChI=1S/C26H39NO9/c1-6-9-23(28)35-21-12-11-19(14-22(21)36-24(29)10-7-2)13-20(25(30)31)27-15-18(5)34-26(32)33-16-17(4)8-3/h11-12,14,17-18,20,27H,6-10,13,15-16H2,1-5H3,(H,30,31)/t17?,18?,20-/m0/s1. The average molecular weight is 510 g/mol. The van der Waals surface area contributed by atoms with Gasteiger partial charge < -0.3 is 29.4 Å². The summed E-state index contributed by atoms with van der Waals surface area (Å²) in [6.07, 6.45) is 1.06. The zero-order valence-electron chi connectivity index (χ0n) is 21.8. The van der Waals surface area contributed by atoms with Crippen molar-refractivity contribution in [3.05, 3.63) is 23.8 Å². The minimum absolute atomic E-state index is 0.0437. The van der Waals surface area contributed by atoms with Crippen LogP contribution in [0.2, 0.25) is 0 Å². The predicted octanol–water partition coefficient (Wildman–Crippen LogP) is 4.27. The van der Waals surface area contributed by atoms with Gasteiger partial charge in [0.1, 0.15) is 12.1 Å². The van der Waals surface area contributed by atoms with E-state index < -0.39 is 36.2 Å². The Hall–Kier alpha value is -3.14. The summed E-state index contributed by atoms with van der Waals surface area (Å²) in [5.41, 5.74) is 0.547. The van der Waals surface area contributed by atoms with E-state index in [2.05, 4.69) is 5.32 Å². The Morgan fingerprint density at radius 3 is 2.11 bits per heavy atom.